The van der Waals surface area contributed by atoms with Crippen LogP contribution in [-0.2, 0) is 5.41 Å². The van der Waals surface area contributed by atoms with Gasteiger partial charge in [0, 0.05) is 16.4 Å². The Labute approximate surface area is 198 Å². The molecule has 1 aliphatic rings. The van der Waals surface area contributed by atoms with E-state index in [-0.39, 0.29) is 5.41 Å². The van der Waals surface area contributed by atoms with Crippen LogP contribution in [0.5, 0.6) is 5.75 Å². The molecular weight excluding hydrogens is 400 g/mol. The molecular formula is C32H34O. The van der Waals surface area contributed by atoms with Gasteiger partial charge in [0.25, 0.3) is 0 Å². The third kappa shape index (κ3) is 3.64. The van der Waals surface area contributed by atoms with E-state index in [1.54, 1.807) is 0 Å². The Bertz CT molecular complexity index is 1310. The summed E-state index contributed by atoms with van der Waals surface area (Å²) in [5.41, 5.74) is 7.69. The molecule has 0 saturated carbocycles. The van der Waals surface area contributed by atoms with Crippen LogP contribution in [0.2, 0.25) is 0 Å². The van der Waals surface area contributed by atoms with E-state index in [9.17, 15) is 5.11 Å². The molecule has 168 valence electrons. The van der Waals surface area contributed by atoms with E-state index in [2.05, 4.69) is 88.4 Å². The molecule has 4 aromatic rings. The van der Waals surface area contributed by atoms with Crippen molar-refractivity contribution in [3.63, 3.8) is 0 Å². The maximum Gasteiger partial charge on any atom is 0.131 e. The lowest BCUT2D eigenvalue weighted by atomic mass is 9.68. The Morgan fingerprint density at radius 1 is 0.697 bits per heavy atom. The van der Waals surface area contributed by atoms with Crippen molar-refractivity contribution in [3.05, 3.63) is 90.0 Å². The zero-order valence-corrected chi connectivity index (χ0v) is 20.2. The number of hydrogen-bond acceptors (Lipinski definition) is 1. The molecule has 1 atom stereocenters. The maximum absolute atomic E-state index is 11.2. The smallest absolute Gasteiger partial charge is 0.131 e. The van der Waals surface area contributed by atoms with Gasteiger partial charge in [-0.15, -0.1) is 0 Å². The first kappa shape index (κ1) is 21.8. The predicted molar refractivity (Wildman–Crippen MR) is 141 cm³/mol. The van der Waals surface area contributed by atoms with Gasteiger partial charge in [-0.25, -0.2) is 0 Å². The quantitative estimate of drug-likeness (QED) is 0.321. The van der Waals surface area contributed by atoms with E-state index in [0.717, 1.165) is 34.7 Å². The van der Waals surface area contributed by atoms with Gasteiger partial charge in [-0.3, -0.25) is 0 Å². The number of phenols is 1. The van der Waals surface area contributed by atoms with Crippen molar-refractivity contribution >= 4 is 10.8 Å². The number of hydrogen-bond donors (Lipinski definition) is 1. The number of rotatable bonds is 6. The molecule has 1 aliphatic carbocycles. The van der Waals surface area contributed by atoms with Gasteiger partial charge in [0.2, 0.25) is 0 Å². The second kappa shape index (κ2) is 8.37. The van der Waals surface area contributed by atoms with Gasteiger partial charge in [-0.1, -0.05) is 100 Å². The Hall–Kier alpha value is -3.06. The lowest BCUT2D eigenvalue weighted by Gasteiger charge is -2.35. The summed E-state index contributed by atoms with van der Waals surface area (Å²) in [6.07, 6.45) is 3.49. The van der Waals surface area contributed by atoms with E-state index in [4.69, 9.17) is 0 Å². The highest BCUT2D eigenvalue weighted by Gasteiger charge is 2.43. The van der Waals surface area contributed by atoms with E-state index >= 15 is 0 Å². The second-order valence-electron chi connectivity index (χ2n) is 10.6. The van der Waals surface area contributed by atoms with E-state index in [1.165, 1.54) is 28.7 Å². The average Bonchev–Trinajstić information content (AvgIpc) is 3.07. The van der Waals surface area contributed by atoms with Crippen LogP contribution in [0, 0.1) is 11.8 Å². The van der Waals surface area contributed by atoms with Crippen LogP contribution in [0.3, 0.4) is 0 Å². The van der Waals surface area contributed by atoms with Crippen molar-refractivity contribution in [2.45, 2.75) is 52.4 Å². The molecule has 1 nitrogen and oxygen atoms in total. The highest BCUT2D eigenvalue weighted by Crippen LogP contribution is 2.55. The topological polar surface area (TPSA) is 20.2 Å². The molecule has 1 heteroatoms. The Kier molecular flexibility index (Phi) is 5.52. The van der Waals surface area contributed by atoms with Gasteiger partial charge < -0.3 is 5.11 Å². The van der Waals surface area contributed by atoms with E-state index in [0.29, 0.717) is 17.6 Å². The number of fused-ring (bicyclic) bond motifs is 4. The van der Waals surface area contributed by atoms with Crippen molar-refractivity contribution in [2.24, 2.45) is 11.8 Å². The highest BCUT2D eigenvalue weighted by atomic mass is 16.3. The van der Waals surface area contributed by atoms with Crippen LogP contribution in [-0.4, -0.2) is 5.11 Å². The summed E-state index contributed by atoms with van der Waals surface area (Å²) in [6.45, 7) is 9.34. The van der Waals surface area contributed by atoms with Crippen LogP contribution in [0.4, 0.5) is 0 Å². The van der Waals surface area contributed by atoms with Crippen LogP contribution in [0.1, 0.15) is 58.1 Å². The molecule has 0 spiro atoms. The van der Waals surface area contributed by atoms with Crippen LogP contribution in [0.15, 0.2) is 78.9 Å². The summed E-state index contributed by atoms with van der Waals surface area (Å²) >= 11 is 0. The van der Waals surface area contributed by atoms with Crippen molar-refractivity contribution in [1.82, 2.24) is 0 Å². The molecule has 0 radical (unpaired) electrons. The first-order chi connectivity index (χ1) is 15.9. The number of benzene rings is 4. The summed E-state index contributed by atoms with van der Waals surface area (Å²) in [5, 5.41) is 13.2. The monoisotopic (exact) mass is 434 g/mol. The summed E-state index contributed by atoms with van der Waals surface area (Å²) in [6, 6.07) is 28.1. The normalized spacial score (nSPS) is 17.0. The predicted octanol–water partition coefficient (Wildman–Crippen LogP) is 8.96. The van der Waals surface area contributed by atoms with Gasteiger partial charge in [0.1, 0.15) is 5.75 Å². The zero-order chi connectivity index (χ0) is 23.2. The van der Waals surface area contributed by atoms with Gasteiger partial charge in [-0.05, 0) is 70.4 Å². The third-order valence-corrected chi connectivity index (χ3v) is 7.38. The summed E-state index contributed by atoms with van der Waals surface area (Å²) < 4.78 is 0. The molecule has 0 aliphatic heterocycles. The molecule has 4 aromatic carbocycles. The minimum absolute atomic E-state index is 0.0207. The molecule has 1 unspecified atom stereocenters. The summed E-state index contributed by atoms with van der Waals surface area (Å²) in [5.74, 6) is 1.63. The van der Waals surface area contributed by atoms with E-state index in [1.807, 2.05) is 18.2 Å². The summed E-state index contributed by atoms with van der Waals surface area (Å²) in [4.78, 5) is 0. The number of phenolic OH excluding ortho intramolecular Hbond substituents is 1. The SMILES string of the molecule is CC(C)CCC1(CC(C)C)c2ccccc2-c2ccc(-c3ccc4ccccc4c3O)cc21. The van der Waals surface area contributed by atoms with Gasteiger partial charge in [0.15, 0.2) is 0 Å². The molecule has 0 aromatic heterocycles. The van der Waals surface area contributed by atoms with Gasteiger partial charge >= 0.3 is 0 Å². The van der Waals surface area contributed by atoms with Crippen molar-refractivity contribution < 1.29 is 5.11 Å². The van der Waals surface area contributed by atoms with E-state index < -0.39 is 0 Å². The summed E-state index contributed by atoms with van der Waals surface area (Å²) in [7, 11) is 0. The molecule has 33 heavy (non-hydrogen) atoms. The van der Waals surface area contributed by atoms with Crippen LogP contribution in [0.25, 0.3) is 33.0 Å². The largest absolute Gasteiger partial charge is 0.507 e. The van der Waals surface area contributed by atoms with Gasteiger partial charge in [-0.2, -0.15) is 0 Å². The standard InChI is InChI=1S/C32H34O/c1-21(2)17-18-32(20-22(3)4)29-12-8-7-11-27(29)28-16-14-24(19-30(28)32)26-15-13-23-9-5-6-10-25(23)31(26)33/h5-16,19,21-22,33H,17-18,20H2,1-4H3. The maximum atomic E-state index is 11.2. The molecule has 0 bridgehead atoms. The fourth-order valence-corrected chi connectivity index (χ4v) is 5.93. The molecule has 1 N–H and O–H groups in total. The lowest BCUT2D eigenvalue weighted by molar-refractivity contribution is 0.351. The highest BCUT2D eigenvalue weighted by molar-refractivity contribution is 5.95. The Balaban J connectivity index is 1.72. The van der Waals surface area contributed by atoms with Crippen LogP contribution < -0.4 is 0 Å². The molecule has 0 fully saturated rings. The second-order valence-corrected chi connectivity index (χ2v) is 10.6. The Morgan fingerprint density at radius 2 is 1.39 bits per heavy atom. The van der Waals surface area contributed by atoms with Gasteiger partial charge in [0.05, 0.1) is 0 Å². The third-order valence-electron chi connectivity index (χ3n) is 7.38. The van der Waals surface area contributed by atoms with Crippen molar-refractivity contribution in [1.29, 1.82) is 0 Å². The molecule has 0 saturated heterocycles. The zero-order valence-electron chi connectivity index (χ0n) is 20.2. The molecule has 5 rings (SSSR count). The number of aromatic hydroxyl groups is 1. The first-order valence-corrected chi connectivity index (χ1v) is 12.4. The van der Waals surface area contributed by atoms with Crippen molar-refractivity contribution in [3.8, 4) is 28.0 Å². The van der Waals surface area contributed by atoms with Crippen LogP contribution >= 0.6 is 0 Å². The Morgan fingerprint density at radius 3 is 2.18 bits per heavy atom. The lowest BCUT2D eigenvalue weighted by Crippen LogP contribution is -2.28. The molecule has 0 heterocycles. The van der Waals surface area contributed by atoms with Crippen molar-refractivity contribution in [2.75, 3.05) is 0 Å². The first-order valence-electron chi connectivity index (χ1n) is 12.4. The fourth-order valence-electron chi connectivity index (χ4n) is 5.93. The fraction of sp³-hybridized carbons (Fsp3) is 0.312. The minimum Gasteiger partial charge on any atom is -0.507 e. The molecule has 0 amide bonds. The average molecular weight is 435 g/mol. The minimum atomic E-state index is 0.0207.